The lowest BCUT2D eigenvalue weighted by Crippen LogP contribution is -2.50. The van der Waals surface area contributed by atoms with Gasteiger partial charge < -0.3 is 15.3 Å². The summed E-state index contributed by atoms with van der Waals surface area (Å²) in [4.78, 5) is 37.0. The van der Waals surface area contributed by atoms with Crippen LogP contribution in [-0.2, 0) is 27.3 Å². The molecule has 23 heavy (non-hydrogen) atoms. The summed E-state index contributed by atoms with van der Waals surface area (Å²) in [6.07, 6.45) is 0.357. The predicted octanol–water partition coefficient (Wildman–Crippen LogP) is 0.707. The number of nitrogens with one attached hydrogen (secondary N) is 1. The zero-order valence-electron chi connectivity index (χ0n) is 12.9. The number of fused-ring (bicyclic) bond motifs is 1. The van der Waals surface area contributed by atoms with E-state index >= 15 is 0 Å². The normalized spacial score (nSPS) is 18.8. The van der Waals surface area contributed by atoms with E-state index in [2.05, 4.69) is 17.9 Å². The number of nitrogens with zero attached hydrogens (tertiary/aromatic N) is 1. The number of thiol groups is 1. The van der Waals surface area contributed by atoms with Crippen LogP contribution in [0.3, 0.4) is 0 Å². The second kappa shape index (κ2) is 7.50. The fourth-order valence-corrected chi connectivity index (χ4v) is 2.69. The molecule has 0 bridgehead atoms. The minimum atomic E-state index is -1.08. The van der Waals surface area contributed by atoms with Gasteiger partial charge in [0.25, 0.3) is 0 Å². The lowest BCUT2D eigenvalue weighted by Gasteiger charge is -2.24. The van der Waals surface area contributed by atoms with Crippen LogP contribution in [0.4, 0.5) is 0 Å². The summed E-state index contributed by atoms with van der Waals surface area (Å²) in [5.41, 5.74) is 1.85. The average Bonchev–Trinajstić information content (AvgIpc) is 2.64. The smallest absolute Gasteiger partial charge is 0.323 e. The zero-order valence-corrected chi connectivity index (χ0v) is 13.8. The highest BCUT2D eigenvalue weighted by molar-refractivity contribution is 7.80. The third-order valence-corrected chi connectivity index (χ3v) is 4.43. The maximum absolute atomic E-state index is 12.6. The number of amides is 2. The summed E-state index contributed by atoms with van der Waals surface area (Å²) >= 11 is 4.09. The molecule has 2 rings (SSSR count). The Morgan fingerprint density at radius 2 is 2.04 bits per heavy atom. The van der Waals surface area contributed by atoms with Gasteiger partial charge in [0.05, 0.1) is 0 Å². The van der Waals surface area contributed by atoms with Crippen LogP contribution in [0.1, 0.15) is 18.1 Å². The number of carbonyl (C=O) groups excluding carboxylic acids is 2. The van der Waals surface area contributed by atoms with E-state index in [1.165, 1.54) is 4.90 Å². The molecule has 7 heteroatoms. The van der Waals surface area contributed by atoms with Gasteiger partial charge in [-0.2, -0.15) is 12.6 Å². The van der Waals surface area contributed by atoms with Crippen LogP contribution < -0.4 is 5.32 Å². The summed E-state index contributed by atoms with van der Waals surface area (Å²) in [5.74, 6) is -1.65. The molecular weight excluding hydrogens is 316 g/mol. The van der Waals surface area contributed by atoms with Gasteiger partial charge in [0.1, 0.15) is 12.6 Å². The van der Waals surface area contributed by atoms with Crippen LogP contribution in [0.15, 0.2) is 24.3 Å². The number of carbonyl (C=O) groups is 3. The van der Waals surface area contributed by atoms with Crippen LogP contribution in [-0.4, -0.2) is 46.1 Å². The molecule has 1 aliphatic heterocycles. The summed E-state index contributed by atoms with van der Waals surface area (Å²) in [5, 5.41) is 11.8. The first-order chi connectivity index (χ1) is 10.9. The summed E-state index contributed by atoms with van der Waals surface area (Å²) in [7, 11) is 0. The zero-order chi connectivity index (χ0) is 17.0. The van der Waals surface area contributed by atoms with Gasteiger partial charge in [0.2, 0.25) is 11.8 Å². The molecule has 1 aliphatic rings. The van der Waals surface area contributed by atoms with E-state index in [0.717, 1.165) is 11.1 Å². The summed E-state index contributed by atoms with van der Waals surface area (Å²) < 4.78 is 0. The van der Waals surface area contributed by atoms with E-state index in [9.17, 15) is 14.4 Å². The van der Waals surface area contributed by atoms with Crippen molar-refractivity contribution >= 4 is 30.4 Å². The van der Waals surface area contributed by atoms with Crippen LogP contribution in [0.25, 0.3) is 0 Å². The molecule has 1 heterocycles. The van der Waals surface area contributed by atoms with Crippen molar-refractivity contribution in [3.8, 4) is 0 Å². The van der Waals surface area contributed by atoms with Gasteiger partial charge in [-0.25, -0.2) is 0 Å². The first kappa shape index (κ1) is 17.3. The predicted molar refractivity (Wildman–Crippen MR) is 88.1 cm³/mol. The minimum Gasteiger partial charge on any atom is -0.480 e. The number of hydrogen-bond donors (Lipinski definition) is 3. The lowest BCUT2D eigenvalue weighted by atomic mass is 10.0. The van der Waals surface area contributed by atoms with Crippen LogP contribution in [0.5, 0.6) is 0 Å². The SMILES string of the molecule is C[C@H](CS)C(=O)NC1Cc2ccccc2CN(CC(=O)O)C1=O. The first-order valence-electron chi connectivity index (χ1n) is 7.41. The number of rotatable bonds is 5. The number of benzene rings is 1. The van der Waals surface area contributed by atoms with Crippen molar-refractivity contribution in [2.45, 2.75) is 25.9 Å². The van der Waals surface area contributed by atoms with E-state index in [0.29, 0.717) is 12.2 Å². The second-order valence-corrected chi connectivity index (χ2v) is 6.07. The van der Waals surface area contributed by atoms with Crippen molar-refractivity contribution in [2.24, 2.45) is 5.92 Å². The van der Waals surface area contributed by atoms with Crippen molar-refractivity contribution < 1.29 is 19.5 Å². The first-order valence-corrected chi connectivity index (χ1v) is 8.04. The third-order valence-electron chi connectivity index (χ3n) is 3.88. The van der Waals surface area contributed by atoms with Gasteiger partial charge in [0, 0.05) is 24.6 Å². The lowest BCUT2D eigenvalue weighted by molar-refractivity contribution is -0.146. The molecule has 0 aliphatic carbocycles. The Balaban J connectivity index is 2.27. The topological polar surface area (TPSA) is 86.7 Å². The number of aliphatic carboxylic acids is 1. The van der Waals surface area contributed by atoms with Crippen molar-refractivity contribution in [2.75, 3.05) is 12.3 Å². The maximum atomic E-state index is 12.6. The van der Waals surface area contributed by atoms with Crippen LogP contribution >= 0.6 is 12.6 Å². The van der Waals surface area contributed by atoms with E-state index < -0.39 is 12.0 Å². The molecule has 0 saturated heterocycles. The van der Waals surface area contributed by atoms with E-state index in [-0.39, 0.29) is 30.8 Å². The fourth-order valence-electron chi connectivity index (χ4n) is 2.53. The molecule has 0 saturated carbocycles. The third kappa shape index (κ3) is 4.25. The maximum Gasteiger partial charge on any atom is 0.323 e. The Labute approximate surface area is 140 Å². The Morgan fingerprint density at radius 3 is 2.65 bits per heavy atom. The highest BCUT2D eigenvalue weighted by Gasteiger charge is 2.32. The molecule has 0 spiro atoms. The number of hydrogen-bond acceptors (Lipinski definition) is 4. The fraction of sp³-hybridized carbons (Fsp3) is 0.438. The highest BCUT2D eigenvalue weighted by atomic mass is 32.1. The summed E-state index contributed by atoms with van der Waals surface area (Å²) in [6, 6.07) is 6.73. The molecular formula is C16H20N2O4S. The van der Waals surface area contributed by atoms with E-state index in [1.807, 2.05) is 24.3 Å². The molecule has 6 nitrogen and oxygen atoms in total. The monoisotopic (exact) mass is 336 g/mol. The van der Waals surface area contributed by atoms with Gasteiger partial charge >= 0.3 is 5.97 Å². The van der Waals surface area contributed by atoms with Crippen molar-refractivity contribution in [3.63, 3.8) is 0 Å². The average molecular weight is 336 g/mol. The Kier molecular flexibility index (Phi) is 5.65. The minimum absolute atomic E-state index is 0.232. The van der Waals surface area contributed by atoms with Crippen molar-refractivity contribution in [3.05, 3.63) is 35.4 Å². The van der Waals surface area contributed by atoms with Gasteiger partial charge in [-0.05, 0) is 11.1 Å². The molecule has 0 fully saturated rings. The highest BCUT2D eigenvalue weighted by Crippen LogP contribution is 2.20. The quantitative estimate of drug-likeness (QED) is 0.691. The molecule has 0 aromatic heterocycles. The standard InChI is InChI=1S/C16H20N2O4S/c1-10(9-23)15(21)17-13-6-11-4-2-3-5-12(11)7-18(16(13)22)8-14(19)20/h2-5,10,13,23H,6-9H2,1H3,(H,17,21)(H,19,20)/t10-,13?/m1/s1. The molecule has 1 aromatic carbocycles. The largest absolute Gasteiger partial charge is 0.480 e. The van der Waals surface area contributed by atoms with Gasteiger partial charge in [-0.15, -0.1) is 0 Å². The second-order valence-electron chi connectivity index (χ2n) is 5.71. The van der Waals surface area contributed by atoms with Gasteiger partial charge in [-0.3, -0.25) is 14.4 Å². The van der Waals surface area contributed by atoms with Gasteiger partial charge in [-0.1, -0.05) is 31.2 Å². The Hall–Kier alpha value is -2.02. The van der Waals surface area contributed by atoms with Crippen molar-refractivity contribution in [1.29, 1.82) is 0 Å². The van der Waals surface area contributed by atoms with Crippen LogP contribution in [0.2, 0.25) is 0 Å². The van der Waals surface area contributed by atoms with Crippen LogP contribution in [0, 0.1) is 5.92 Å². The molecule has 2 amide bonds. The molecule has 1 unspecified atom stereocenters. The summed E-state index contributed by atoms with van der Waals surface area (Å²) in [6.45, 7) is 1.57. The Bertz CT molecular complexity index is 620. The van der Waals surface area contributed by atoms with E-state index in [4.69, 9.17) is 5.11 Å². The molecule has 124 valence electrons. The Morgan fingerprint density at radius 1 is 1.39 bits per heavy atom. The number of carboxylic acid groups (broad SMARTS) is 1. The van der Waals surface area contributed by atoms with Crippen molar-refractivity contribution in [1.82, 2.24) is 10.2 Å². The van der Waals surface area contributed by atoms with E-state index in [1.54, 1.807) is 6.92 Å². The molecule has 0 radical (unpaired) electrons. The molecule has 1 aromatic rings. The molecule has 2 N–H and O–H groups in total. The number of carboxylic acids is 1. The van der Waals surface area contributed by atoms with Gasteiger partial charge in [0.15, 0.2) is 0 Å². The molecule has 2 atom stereocenters.